The number of hydrogen-bond acceptors (Lipinski definition) is 4. The molecule has 0 fully saturated rings. The molecule has 0 radical (unpaired) electrons. The van der Waals surface area contributed by atoms with Crippen molar-refractivity contribution in [3.8, 4) is 11.5 Å². The van der Waals surface area contributed by atoms with Crippen LogP contribution in [0.3, 0.4) is 0 Å². The summed E-state index contributed by atoms with van der Waals surface area (Å²) in [5.41, 5.74) is 0. The third-order valence-electron chi connectivity index (χ3n) is 2.08. The molecule has 0 aliphatic rings. The third-order valence-corrected chi connectivity index (χ3v) is 2.68. The zero-order chi connectivity index (χ0) is 15.0. The molecule has 0 aliphatic carbocycles. The Morgan fingerprint density at radius 1 is 0.950 bits per heavy atom. The third kappa shape index (κ3) is 6.36. The van der Waals surface area contributed by atoms with Gasteiger partial charge in [0, 0.05) is 15.9 Å². The van der Waals surface area contributed by atoms with Crippen molar-refractivity contribution in [2.75, 3.05) is 0 Å². The van der Waals surface area contributed by atoms with E-state index in [2.05, 4.69) is 31.8 Å². The smallest absolute Gasteiger partial charge is 0.327 e. The first kappa shape index (κ1) is 16.2. The molecule has 0 aromatic heterocycles. The molecule has 0 aliphatic heterocycles. The maximum Gasteiger partial charge on any atom is 0.327 e. The summed E-state index contributed by atoms with van der Waals surface area (Å²) in [6.07, 6.45) is 0.833. The highest BCUT2D eigenvalue weighted by atomic mass is 32.1. The number of ether oxygens (including phenoxy) is 1. The normalized spacial score (nSPS) is 9.10. The van der Waals surface area contributed by atoms with Crippen LogP contribution in [-0.4, -0.2) is 11.1 Å². The van der Waals surface area contributed by atoms with E-state index in [4.69, 9.17) is 9.84 Å². The molecule has 5 heteroatoms. The van der Waals surface area contributed by atoms with Crippen molar-refractivity contribution in [2.24, 2.45) is 0 Å². The minimum absolute atomic E-state index is 0.805. The first-order valence-corrected chi connectivity index (χ1v) is 6.52. The van der Waals surface area contributed by atoms with E-state index in [1.807, 2.05) is 48.5 Å². The van der Waals surface area contributed by atoms with Gasteiger partial charge in [0.2, 0.25) is 0 Å². The Hall–Kier alpha value is -1.85. The predicted octanol–water partition coefficient (Wildman–Crippen LogP) is 4.31. The number of carboxylic acid groups (broad SMARTS) is 1. The van der Waals surface area contributed by atoms with Crippen molar-refractivity contribution < 1.29 is 14.6 Å². The first-order valence-electron chi connectivity index (χ1n) is 5.62. The highest BCUT2D eigenvalue weighted by Gasteiger charge is 1.96. The van der Waals surface area contributed by atoms with Crippen LogP contribution in [0.25, 0.3) is 0 Å². The number of carboxylic acids is 1. The molecule has 0 atom stereocenters. The Labute approximate surface area is 128 Å². The first-order chi connectivity index (χ1) is 9.51. The van der Waals surface area contributed by atoms with Crippen molar-refractivity contribution in [1.82, 2.24) is 0 Å². The van der Waals surface area contributed by atoms with Crippen LogP contribution in [0.5, 0.6) is 11.5 Å². The Bertz CT molecular complexity index is 519. The molecule has 0 unspecified atom stereocenters. The molecule has 2 aromatic carbocycles. The molecular weight excluding hydrogens is 292 g/mol. The number of rotatable bonds is 3. The second-order valence-electron chi connectivity index (χ2n) is 3.63. The molecule has 104 valence electrons. The van der Waals surface area contributed by atoms with Crippen molar-refractivity contribution in [3.63, 3.8) is 0 Å². The van der Waals surface area contributed by atoms with Crippen molar-refractivity contribution >= 4 is 31.2 Å². The summed E-state index contributed by atoms with van der Waals surface area (Å²) in [4.78, 5) is 11.1. The van der Waals surface area contributed by atoms with Gasteiger partial charge in [-0.3, -0.25) is 0 Å². The quantitative estimate of drug-likeness (QED) is 0.585. The fourth-order valence-corrected chi connectivity index (χ4v) is 1.46. The number of thiol groups is 2. The van der Waals surface area contributed by atoms with Crippen LogP contribution in [0.4, 0.5) is 0 Å². The SMILES string of the molecule is C=CC(=O)O.Sc1ccc(Oc2ccc(S)cc2)cc1. The summed E-state index contributed by atoms with van der Waals surface area (Å²) in [5.74, 6) is 0.629. The molecule has 0 spiro atoms. The topological polar surface area (TPSA) is 46.5 Å². The maximum absolute atomic E-state index is 9.25. The van der Waals surface area contributed by atoms with E-state index in [0.29, 0.717) is 0 Å². The fraction of sp³-hybridized carbons (Fsp3) is 0. The van der Waals surface area contributed by atoms with Crippen LogP contribution in [0, 0.1) is 0 Å². The summed E-state index contributed by atoms with van der Waals surface area (Å²) in [7, 11) is 0. The Morgan fingerprint density at radius 3 is 1.50 bits per heavy atom. The predicted molar refractivity (Wildman–Crippen MR) is 85.3 cm³/mol. The minimum Gasteiger partial charge on any atom is -0.478 e. The molecule has 2 rings (SSSR count). The summed E-state index contributed by atoms with van der Waals surface area (Å²) >= 11 is 8.41. The average Bonchev–Trinajstić information content (AvgIpc) is 2.44. The van der Waals surface area contributed by atoms with Gasteiger partial charge in [-0.25, -0.2) is 4.79 Å². The van der Waals surface area contributed by atoms with Crippen molar-refractivity contribution in [1.29, 1.82) is 0 Å². The molecule has 3 nitrogen and oxygen atoms in total. The Kier molecular flexibility index (Phi) is 6.76. The van der Waals surface area contributed by atoms with Gasteiger partial charge in [-0.1, -0.05) is 6.58 Å². The van der Waals surface area contributed by atoms with Crippen LogP contribution in [0.2, 0.25) is 0 Å². The number of hydrogen-bond donors (Lipinski definition) is 3. The molecule has 20 heavy (non-hydrogen) atoms. The zero-order valence-corrected chi connectivity index (χ0v) is 12.4. The zero-order valence-electron chi connectivity index (χ0n) is 10.6. The largest absolute Gasteiger partial charge is 0.478 e. The summed E-state index contributed by atoms with van der Waals surface area (Å²) in [6, 6.07) is 15.1. The van der Waals surface area contributed by atoms with E-state index in [9.17, 15) is 4.79 Å². The second kappa shape index (κ2) is 8.35. The van der Waals surface area contributed by atoms with Gasteiger partial charge in [0.25, 0.3) is 0 Å². The minimum atomic E-state index is -0.981. The lowest BCUT2D eigenvalue weighted by Gasteiger charge is -2.05. The molecule has 0 heterocycles. The van der Waals surface area contributed by atoms with E-state index in [1.54, 1.807) is 0 Å². The number of carbonyl (C=O) groups is 1. The van der Waals surface area contributed by atoms with E-state index >= 15 is 0 Å². The van der Waals surface area contributed by atoms with E-state index in [-0.39, 0.29) is 0 Å². The summed E-state index contributed by atoms with van der Waals surface area (Å²) in [6.45, 7) is 2.96. The van der Waals surface area contributed by atoms with Crippen LogP contribution in [-0.2, 0) is 4.79 Å². The van der Waals surface area contributed by atoms with Gasteiger partial charge in [-0.05, 0) is 48.5 Å². The second-order valence-corrected chi connectivity index (χ2v) is 4.67. The van der Waals surface area contributed by atoms with Crippen LogP contribution >= 0.6 is 25.3 Å². The highest BCUT2D eigenvalue weighted by Crippen LogP contribution is 2.23. The maximum atomic E-state index is 9.25. The van der Waals surface area contributed by atoms with Gasteiger partial charge >= 0.3 is 5.97 Å². The van der Waals surface area contributed by atoms with Gasteiger partial charge in [0.1, 0.15) is 11.5 Å². The monoisotopic (exact) mass is 306 g/mol. The molecular formula is C15H14O3S2. The van der Waals surface area contributed by atoms with Gasteiger partial charge < -0.3 is 9.84 Å². The van der Waals surface area contributed by atoms with Crippen LogP contribution < -0.4 is 4.74 Å². The number of benzene rings is 2. The molecule has 0 bridgehead atoms. The lowest BCUT2D eigenvalue weighted by atomic mass is 10.3. The van der Waals surface area contributed by atoms with Gasteiger partial charge in [-0.2, -0.15) is 0 Å². The van der Waals surface area contributed by atoms with Crippen LogP contribution in [0.1, 0.15) is 0 Å². The van der Waals surface area contributed by atoms with Gasteiger partial charge in [0.05, 0.1) is 0 Å². The molecule has 1 N–H and O–H groups in total. The molecule has 0 saturated carbocycles. The molecule has 0 saturated heterocycles. The van der Waals surface area contributed by atoms with E-state index in [0.717, 1.165) is 27.4 Å². The average molecular weight is 306 g/mol. The standard InChI is InChI=1S/C12H10OS2.C3H4O2/c14-11-5-1-9(2-6-11)13-10-3-7-12(15)8-4-10;1-2-3(4)5/h1-8,14-15H;2H,1H2,(H,4,5). The lowest BCUT2D eigenvalue weighted by Crippen LogP contribution is -1.82. The summed E-state index contributed by atoms with van der Waals surface area (Å²) < 4.78 is 5.62. The summed E-state index contributed by atoms with van der Waals surface area (Å²) in [5, 5.41) is 7.60. The van der Waals surface area contributed by atoms with Crippen molar-refractivity contribution in [2.45, 2.75) is 9.79 Å². The molecule has 2 aromatic rings. The van der Waals surface area contributed by atoms with Gasteiger partial charge in [0.15, 0.2) is 0 Å². The lowest BCUT2D eigenvalue weighted by molar-refractivity contribution is -0.131. The molecule has 0 amide bonds. The van der Waals surface area contributed by atoms with Crippen molar-refractivity contribution in [3.05, 3.63) is 61.2 Å². The van der Waals surface area contributed by atoms with Gasteiger partial charge in [-0.15, -0.1) is 25.3 Å². The fourth-order valence-electron chi connectivity index (χ4n) is 1.16. The Morgan fingerprint density at radius 2 is 1.25 bits per heavy atom. The highest BCUT2D eigenvalue weighted by molar-refractivity contribution is 7.80. The van der Waals surface area contributed by atoms with E-state index < -0.39 is 5.97 Å². The Balaban J connectivity index is 0.000000347. The van der Waals surface area contributed by atoms with Crippen LogP contribution in [0.15, 0.2) is 71.0 Å². The van der Waals surface area contributed by atoms with E-state index in [1.165, 1.54) is 0 Å². The number of aliphatic carboxylic acids is 1.